The van der Waals surface area contributed by atoms with E-state index in [0.29, 0.717) is 24.9 Å². The quantitative estimate of drug-likeness (QED) is 0.571. The topological polar surface area (TPSA) is 46.6 Å². The van der Waals surface area contributed by atoms with Gasteiger partial charge in [-0.05, 0) is 37.1 Å². The van der Waals surface area contributed by atoms with Gasteiger partial charge in [-0.15, -0.1) is 13.2 Å². The first kappa shape index (κ1) is 16.7. The standard InChI is InChI=1S/C17H21NO3/c1-5-7-8-16(19)18(11-6-2)15-10-9-14(12-13(15)3)17(20)21-4/h5-6,9-10,12H,1-2,7-8,11H2,3-4H3. The van der Waals surface area contributed by atoms with E-state index in [1.807, 2.05) is 6.92 Å². The van der Waals surface area contributed by atoms with Gasteiger partial charge in [0.05, 0.1) is 12.7 Å². The first-order chi connectivity index (χ1) is 10.0. The summed E-state index contributed by atoms with van der Waals surface area (Å²) in [7, 11) is 1.34. The second-order valence-corrected chi connectivity index (χ2v) is 4.61. The molecular weight excluding hydrogens is 266 g/mol. The average Bonchev–Trinajstić information content (AvgIpc) is 2.49. The van der Waals surface area contributed by atoms with Crippen LogP contribution < -0.4 is 4.90 Å². The fourth-order valence-electron chi connectivity index (χ4n) is 2.03. The molecule has 0 unspecified atom stereocenters. The third-order valence-electron chi connectivity index (χ3n) is 3.08. The SMILES string of the molecule is C=CCCC(=O)N(CC=C)c1ccc(C(=O)OC)cc1C. The molecule has 1 aromatic rings. The van der Waals surface area contributed by atoms with Gasteiger partial charge in [0, 0.05) is 18.7 Å². The van der Waals surface area contributed by atoms with Crippen molar-refractivity contribution in [1.82, 2.24) is 0 Å². The largest absolute Gasteiger partial charge is 0.465 e. The molecule has 21 heavy (non-hydrogen) atoms. The molecule has 0 radical (unpaired) electrons. The number of rotatable bonds is 7. The molecule has 0 aliphatic carbocycles. The molecular formula is C17H21NO3. The minimum absolute atomic E-state index is 0.00344. The van der Waals surface area contributed by atoms with E-state index < -0.39 is 5.97 Å². The summed E-state index contributed by atoms with van der Waals surface area (Å²) in [6.45, 7) is 9.60. The minimum Gasteiger partial charge on any atom is -0.465 e. The Labute approximate surface area is 125 Å². The lowest BCUT2D eigenvalue weighted by molar-refractivity contribution is -0.118. The molecule has 4 heteroatoms. The van der Waals surface area contributed by atoms with Crippen molar-refractivity contribution in [2.45, 2.75) is 19.8 Å². The van der Waals surface area contributed by atoms with Gasteiger partial charge in [0.1, 0.15) is 0 Å². The molecule has 0 N–H and O–H groups in total. The van der Waals surface area contributed by atoms with Crippen LogP contribution in [0.2, 0.25) is 0 Å². The minimum atomic E-state index is -0.391. The predicted molar refractivity (Wildman–Crippen MR) is 84.5 cm³/mol. The van der Waals surface area contributed by atoms with Crippen molar-refractivity contribution in [2.24, 2.45) is 0 Å². The Bertz CT molecular complexity index is 549. The van der Waals surface area contributed by atoms with Crippen LogP contribution in [0.4, 0.5) is 5.69 Å². The Morgan fingerprint density at radius 3 is 2.52 bits per heavy atom. The number of amides is 1. The number of carbonyl (C=O) groups is 2. The van der Waals surface area contributed by atoms with Gasteiger partial charge in [0.15, 0.2) is 0 Å². The fourth-order valence-corrected chi connectivity index (χ4v) is 2.03. The van der Waals surface area contributed by atoms with E-state index in [1.54, 1.807) is 35.3 Å². The first-order valence-corrected chi connectivity index (χ1v) is 6.76. The van der Waals surface area contributed by atoms with Crippen LogP contribution in [0.25, 0.3) is 0 Å². The summed E-state index contributed by atoms with van der Waals surface area (Å²) < 4.78 is 4.69. The predicted octanol–water partition coefficient (Wildman–Crippen LogP) is 3.27. The molecule has 0 heterocycles. The highest BCUT2D eigenvalue weighted by atomic mass is 16.5. The van der Waals surface area contributed by atoms with E-state index in [4.69, 9.17) is 4.74 Å². The average molecular weight is 287 g/mol. The van der Waals surface area contributed by atoms with Gasteiger partial charge in [0.2, 0.25) is 5.91 Å². The van der Waals surface area contributed by atoms with Crippen LogP contribution in [-0.4, -0.2) is 25.5 Å². The smallest absolute Gasteiger partial charge is 0.337 e. The Hall–Kier alpha value is -2.36. The van der Waals surface area contributed by atoms with Crippen molar-refractivity contribution in [3.63, 3.8) is 0 Å². The zero-order chi connectivity index (χ0) is 15.8. The number of carbonyl (C=O) groups excluding carboxylic acids is 2. The zero-order valence-corrected chi connectivity index (χ0v) is 12.6. The second-order valence-electron chi connectivity index (χ2n) is 4.61. The summed E-state index contributed by atoms with van der Waals surface area (Å²) >= 11 is 0. The molecule has 0 saturated heterocycles. The lowest BCUT2D eigenvalue weighted by atomic mass is 10.1. The molecule has 112 valence electrons. The number of anilines is 1. The lowest BCUT2D eigenvalue weighted by Gasteiger charge is -2.23. The molecule has 0 atom stereocenters. The lowest BCUT2D eigenvalue weighted by Crippen LogP contribution is -2.31. The molecule has 1 amide bonds. The fraction of sp³-hybridized carbons (Fsp3) is 0.294. The van der Waals surface area contributed by atoms with Gasteiger partial charge in [-0.3, -0.25) is 4.79 Å². The van der Waals surface area contributed by atoms with Crippen molar-refractivity contribution in [3.05, 3.63) is 54.6 Å². The van der Waals surface area contributed by atoms with E-state index >= 15 is 0 Å². The summed E-state index contributed by atoms with van der Waals surface area (Å²) in [6.07, 6.45) is 4.43. The van der Waals surface area contributed by atoms with Crippen molar-refractivity contribution < 1.29 is 14.3 Å². The number of hydrogen-bond acceptors (Lipinski definition) is 3. The summed E-state index contributed by atoms with van der Waals surface area (Å²) in [5.41, 5.74) is 2.08. The summed E-state index contributed by atoms with van der Waals surface area (Å²) in [5.74, 6) is -0.387. The molecule has 0 aliphatic heterocycles. The number of aryl methyl sites for hydroxylation is 1. The van der Waals surface area contributed by atoms with Crippen molar-refractivity contribution >= 4 is 17.6 Å². The third kappa shape index (κ3) is 4.31. The number of hydrogen-bond donors (Lipinski definition) is 0. The highest BCUT2D eigenvalue weighted by Gasteiger charge is 2.17. The molecule has 0 aromatic heterocycles. The highest BCUT2D eigenvalue weighted by Crippen LogP contribution is 2.23. The van der Waals surface area contributed by atoms with Crippen LogP contribution in [0.1, 0.15) is 28.8 Å². The van der Waals surface area contributed by atoms with E-state index in [-0.39, 0.29) is 5.91 Å². The van der Waals surface area contributed by atoms with Crippen LogP contribution in [-0.2, 0) is 9.53 Å². The molecule has 0 fully saturated rings. The maximum Gasteiger partial charge on any atom is 0.337 e. The van der Waals surface area contributed by atoms with Gasteiger partial charge in [-0.1, -0.05) is 12.2 Å². The van der Waals surface area contributed by atoms with Crippen LogP contribution in [0, 0.1) is 6.92 Å². The van der Waals surface area contributed by atoms with E-state index in [9.17, 15) is 9.59 Å². The molecule has 4 nitrogen and oxygen atoms in total. The Morgan fingerprint density at radius 1 is 1.29 bits per heavy atom. The molecule has 1 aromatic carbocycles. The second kappa shape index (κ2) is 8.04. The Morgan fingerprint density at radius 2 is 2.00 bits per heavy atom. The third-order valence-corrected chi connectivity index (χ3v) is 3.08. The van der Waals surface area contributed by atoms with Crippen LogP contribution in [0.15, 0.2) is 43.5 Å². The van der Waals surface area contributed by atoms with Crippen LogP contribution >= 0.6 is 0 Å². The van der Waals surface area contributed by atoms with Gasteiger partial charge >= 0.3 is 5.97 Å². The molecule has 1 rings (SSSR count). The van der Waals surface area contributed by atoms with Gasteiger partial charge in [0.25, 0.3) is 0 Å². The number of methoxy groups -OCH3 is 1. The highest BCUT2D eigenvalue weighted by molar-refractivity contribution is 5.96. The van der Waals surface area contributed by atoms with Gasteiger partial charge < -0.3 is 9.64 Å². The summed E-state index contributed by atoms with van der Waals surface area (Å²) in [6, 6.07) is 5.14. The molecule has 0 saturated carbocycles. The number of benzene rings is 1. The van der Waals surface area contributed by atoms with E-state index in [1.165, 1.54) is 7.11 Å². The van der Waals surface area contributed by atoms with Crippen molar-refractivity contribution in [1.29, 1.82) is 0 Å². The number of esters is 1. The van der Waals surface area contributed by atoms with Gasteiger partial charge in [-0.25, -0.2) is 4.79 Å². The van der Waals surface area contributed by atoms with E-state index in [2.05, 4.69) is 13.2 Å². The van der Waals surface area contributed by atoms with Crippen LogP contribution in [0.5, 0.6) is 0 Å². The van der Waals surface area contributed by atoms with Crippen molar-refractivity contribution in [3.8, 4) is 0 Å². The molecule has 0 aliphatic rings. The monoisotopic (exact) mass is 287 g/mol. The number of nitrogens with zero attached hydrogens (tertiary/aromatic N) is 1. The Kier molecular flexibility index (Phi) is 6.40. The maximum absolute atomic E-state index is 12.3. The summed E-state index contributed by atoms with van der Waals surface area (Å²) in [4.78, 5) is 25.4. The molecule has 0 spiro atoms. The van der Waals surface area contributed by atoms with Crippen LogP contribution in [0.3, 0.4) is 0 Å². The van der Waals surface area contributed by atoms with E-state index in [0.717, 1.165) is 11.3 Å². The first-order valence-electron chi connectivity index (χ1n) is 6.76. The summed E-state index contributed by atoms with van der Waals surface area (Å²) in [5, 5.41) is 0. The number of ether oxygens (including phenoxy) is 1. The molecule has 0 bridgehead atoms. The number of allylic oxidation sites excluding steroid dienone is 1. The van der Waals surface area contributed by atoms with Crippen molar-refractivity contribution in [2.75, 3.05) is 18.6 Å². The van der Waals surface area contributed by atoms with Gasteiger partial charge in [-0.2, -0.15) is 0 Å². The Balaban J connectivity index is 3.08. The maximum atomic E-state index is 12.3. The zero-order valence-electron chi connectivity index (χ0n) is 12.6. The normalized spacial score (nSPS) is 9.81.